The van der Waals surface area contributed by atoms with Crippen molar-refractivity contribution in [3.63, 3.8) is 0 Å². The lowest BCUT2D eigenvalue weighted by Gasteiger charge is -2.21. The molecule has 1 atom stereocenters. The quantitative estimate of drug-likeness (QED) is 0.649. The van der Waals surface area contributed by atoms with Gasteiger partial charge in [0.1, 0.15) is 5.75 Å². The summed E-state index contributed by atoms with van der Waals surface area (Å²) in [5.74, 6) is 1.07. The van der Waals surface area contributed by atoms with Crippen LogP contribution < -0.4 is 10.1 Å². The largest absolute Gasteiger partial charge is 0.483 e. The van der Waals surface area contributed by atoms with E-state index in [1.54, 1.807) is 0 Å². The summed E-state index contributed by atoms with van der Waals surface area (Å²) in [4.78, 5) is 12.4. The lowest BCUT2D eigenvalue weighted by Crippen LogP contribution is -2.33. The van der Waals surface area contributed by atoms with Crippen molar-refractivity contribution in [2.24, 2.45) is 5.92 Å². The fourth-order valence-corrected chi connectivity index (χ4v) is 3.24. The summed E-state index contributed by atoms with van der Waals surface area (Å²) in [5, 5.41) is 3.10. The number of carbonyl (C=O) groups excluding carboxylic acids is 1. The highest BCUT2D eigenvalue weighted by Crippen LogP contribution is 2.26. The number of hydrogen-bond donors (Lipinski definition) is 1. The molecule has 0 bridgehead atoms. The van der Waals surface area contributed by atoms with Gasteiger partial charge in [0, 0.05) is 0 Å². The number of rotatable bonds is 8. The van der Waals surface area contributed by atoms with Crippen molar-refractivity contribution in [1.29, 1.82) is 0 Å². The van der Waals surface area contributed by atoms with Crippen LogP contribution in [0.1, 0.15) is 44.4 Å². The molecule has 0 saturated carbocycles. The molecule has 0 radical (unpaired) electrons. The van der Waals surface area contributed by atoms with Crippen molar-refractivity contribution in [1.82, 2.24) is 5.32 Å². The maximum Gasteiger partial charge on any atom is 0.258 e. The molecule has 1 amide bonds. The molecule has 0 aliphatic heterocycles. The number of aryl methyl sites for hydroxylation is 1. The van der Waals surface area contributed by atoms with Gasteiger partial charge in [0.25, 0.3) is 5.91 Å². The number of halogens is 1. The maximum atomic E-state index is 12.4. The van der Waals surface area contributed by atoms with Crippen LogP contribution in [0.25, 0.3) is 0 Å². The Morgan fingerprint density at radius 1 is 1.16 bits per heavy atom. The van der Waals surface area contributed by atoms with Gasteiger partial charge in [0.05, 0.1) is 10.5 Å². The van der Waals surface area contributed by atoms with Gasteiger partial charge in [-0.3, -0.25) is 4.79 Å². The Balaban J connectivity index is 1.97. The first-order chi connectivity index (χ1) is 12.0. The fraction of sp³-hybridized carbons (Fsp3) is 0.381. The zero-order chi connectivity index (χ0) is 18.2. The van der Waals surface area contributed by atoms with E-state index in [0.717, 1.165) is 22.9 Å². The van der Waals surface area contributed by atoms with E-state index in [1.807, 2.05) is 48.5 Å². The number of ether oxygens (including phenoxy) is 1. The van der Waals surface area contributed by atoms with Crippen LogP contribution in [0.15, 0.2) is 53.0 Å². The summed E-state index contributed by atoms with van der Waals surface area (Å²) in [5.41, 5.74) is 2.35. The Kier molecular flexibility index (Phi) is 7.51. The molecule has 0 spiro atoms. The number of amides is 1. The molecule has 0 aliphatic carbocycles. The van der Waals surface area contributed by atoms with E-state index in [4.69, 9.17) is 4.74 Å². The second-order valence-electron chi connectivity index (χ2n) is 6.57. The minimum atomic E-state index is -0.110. The van der Waals surface area contributed by atoms with Gasteiger partial charge in [-0.2, -0.15) is 0 Å². The summed E-state index contributed by atoms with van der Waals surface area (Å²) in [6, 6.07) is 16.0. The Labute approximate surface area is 158 Å². The molecule has 134 valence electrons. The molecule has 4 heteroatoms. The van der Waals surface area contributed by atoms with Gasteiger partial charge in [-0.15, -0.1) is 0 Å². The minimum Gasteiger partial charge on any atom is -0.483 e. The van der Waals surface area contributed by atoms with Crippen molar-refractivity contribution in [3.8, 4) is 5.75 Å². The second kappa shape index (κ2) is 9.62. The van der Waals surface area contributed by atoms with Gasteiger partial charge in [-0.1, -0.05) is 57.2 Å². The first-order valence-electron chi connectivity index (χ1n) is 8.75. The van der Waals surface area contributed by atoms with E-state index in [1.165, 1.54) is 5.56 Å². The molecule has 0 aliphatic rings. The first-order valence-corrected chi connectivity index (χ1v) is 9.54. The van der Waals surface area contributed by atoms with Crippen LogP contribution in [0.5, 0.6) is 5.75 Å². The molecular weight excluding hydrogens is 378 g/mol. The molecule has 1 N–H and O–H groups in total. The van der Waals surface area contributed by atoms with Crippen molar-refractivity contribution in [3.05, 3.63) is 64.1 Å². The van der Waals surface area contributed by atoms with Gasteiger partial charge < -0.3 is 10.1 Å². The van der Waals surface area contributed by atoms with Crippen molar-refractivity contribution < 1.29 is 9.53 Å². The lowest BCUT2D eigenvalue weighted by atomic mass is 9.97. The fourth-order valence-electron chi connectivity index (χ4n) is 2.70. The van der Waals surface area contributed by atoms with Crippen LogP contribution in [0.3, 0.4) is 0 Å². The summed E-state index contributed by atoms with van der Waals surface area (Å²) in [6.45, 7) is 6.43. The van der Waals surface area contributed by atoms with E-state index in [9.17, 15) is 4.79 Å². The molecule has 2 rings (SSSR count). The van der Waals surface area contributed by atoms with Crippen LogP contribution in [0, 0.1) is 5.92 Å². The summed E-state index contributed by atoms with van der Waals surface area (Å²) in [6.07, 6.45) is 1.86. The Morgan fingerprint density at radius 3 is 2.48 bits per heavy atom. The smallest absolute Gasteiger partial charge is 0.258 e. The Hall–Kier alpha value is -1.81. The third-order valence-electron chi connectivity index (χ3n) is 4.01. The minimum absolute atomic E-state index is 0.00297. The first kappa shape index (κ1) is 19.5. The molecule has 2 aromatic carbocycles. The topological polar surface area (TPSA) is 38.3 Å². The lowest BCUT2D eigenvalue weighted by molar-refractivity contribution is -0.124. The molecule has 0 heterocycles. The molecule has 3 nitrogen and oxygen atoms in total. The van der Waals surface area contributed by atoms with Crippen LogP contribution in [-0.4, -0.2) is 12.5 Å². The van der Waals surface area contributed by atoms with Gasteiger partial charge in [-0.05, 0) is 57.9 Å². The number of nitrogens with one attached hydrogen (secondary N) is 1. The number of hydrogen-bond acceptors (Lipinski definition) is 2. The average molecular weight is 404 g/mol. The third-order valence-corrected chi connectivity index (χ3v) is 4.63. The summed E-state index contributed by atoms with van der Waals surface area (Å²) >= 11 is 3.50. The number of carbonyl (C=O) groups is 1. The normalized spacial score (nSPS) is 12.0. The molecule has 0 saturated heterocycles. The van der Waals surface area contributed by atoms with Crippen LogP contribution in [0.2, 0.25) is 0 Å². The number of benzene rings is 2. The molecule has 0 aromatic heterocycles. The molecule has 0 unspecified atom stereocenters. The standard InChI is InChI=1S/C21H26BrNO2/c1-4-16-10-11-20(18(22)13-16)25-14-21(24)23-19(12-15(2)3)17-8-6-5-7-9-17/h5-11,13,15,19H,4,12,14H2,1-3H3,(H,23,24)/t19-/m0/s1. The third kappa shape index (κ3) is 6.20. The van der Waals surface area contributed by atoms with Crippen LogP contribution in [0.4, 0.5) is 0 Å². The van der Waals surface area contributed by atoms with Gasteiger partial charge in [0.2, 0.25) is 0 Å². The Bertz CT molecular complexity index is 686. The van der Waals surface area contributed by atoms with Crippen molar-refractivity contribution >= 4 is 21.8 Å². The summed E-state index contributed by atoms with van der Waals surface area (Å²) < 4.78 is 6.56. The van der Waals surface area contributed by atoms with Gasteiger partial charge in [-0.25, -0.2) is 0 Å². The monoisotopic (exact) mass is 403 g/mol. The highest BCUT2D eigenvalue weighted by molar-refractivity contribution is 9.10. The van der Waals surface area contributed by atoms with E-state index in [2.05, 4.69) is 42.0 Å². The van der Waals surface area contributed by atoms with Crippen LogP contribution >= 0.6 is 15.9 Å². The zero-order valence-corrected chi connectivity index (χ0v) is 16.7. The van der Waals surface area contributed by atoms with Crippen molar-refractivity contribution in [2.75, 3.05) is 6.61 Å². The van der Waals surface area contributed by atoms with E-state index in [-0.39, 0.29) is 18.6 Å². The highest BCUT2D eigenvalue weighted by atomic mass is 79.9. The molecule has 0 fully saturated rings. The molecule has 2 aromatic rings. The Morgan fingerprint density at radius 2 is 1.88 bits per heavy atom. The predicted molar refractivity (Wildman–Crippen MR) is 106 cm³/mol. The van der Waals surface area contributed by atoms with E-state index in [0.29, 0.717) is 11.7 Å². The van der Waals surface area contributed by atoms with Crippen LogP contribution in [-0.2, 0) is 11.2 Å². The average Bonchev–Trinajstić information content (AvgIpc) is 2.60. The zero-order valence-electron chi connectivity index (χ0n) is 15.1. The predicted octanol–water partition coefficient (Wildman–Crippen LogP) is 5.29. The second-order valence-corrected chi connectivity index (χ2v) is 7.42. The van der Waals surface area contributed by atoms with E-state index < -0.39 is 0 Å². The van der Waals surface area contributed by atoms with Gasteiger partial charge >= 0.3 is 0 Å². The highest BCUT2D eigenvalue weighted by Gasteiger charge is 2.16. The maximum absolute atomic E-state index is 12.4. The van der Waals surface area contributed by atoms with Gasteiger partial charge in [0.15, 0.2) is 6.61 Å². The molecular formula is C21H26BrNO2. The summed E-state index contributed by atoms with van der Waals surface area (Å²) in [7, 11) is 0. The molecule has 25 heavy (non-hydrogen) atoms. The van der Waals surface area contributed by atoms with E-state index >= 15 is 0 Å². The SMILES string of the molecule is CCc1ccc(OCC(=O)N[C@@H](CC(C)C)c2ccccc2)c(Br)c1. The van der Waals surface area contributed by atoms with Crippen molar-refractivity contribution in [2.45, 2.75) is 39.7 Å².